The molecule has 0 unspecified atom stereocenters. The van der Waals surface area contributed by atoms with E-state index in [-0.39, 0.29) is 35.0 Å². The van der Waals surface area contributed by atoms with Crippen LogP contribution >= 0.6 is 0 Å². The zero-order chi connectivity index (χ0) is 20.8. The summed E-state index contributed by atoms with van der Waals surface area (Å²) in [4.78, 5) is 39.7. The van der Waals surface area contributed by atoms with Gasteiger partial charge >= 0.3 is 5.97 Å². The Bertz CT molecular complexity index is 1350. The van der Waals surface area contributed by atoms with Gasteiger partial charge in [0.2, 0.25) is 5.78 Å². The van der Waals surface area contributed by atoms with Crippen molar-refractivity contribution in [2.75, 3.05) is 0 Å². The molecule has 2 aromatic heterocycles. The van der Waals surface area contributed by atoms with Gasteiger partial charge < -0.3 is 9.14 Å². The SMILES string of the molecule is Cc1ccn2c3c(c(C(=O)OCc4ccccc4)c2c1)C(=O)c1ccccc1C3=O. The number of ether oxygens (including phenoxy) is 1. The molecule has 5 rings (SSSR count). The molecule has 1 aliphatic rings. The number of pyridine rings is 1. The number of carbonyl (C=O) groups is 3. The first kappa shape index (κ1) is 18.1. The van der Waals surface area contributed by atoms with Crippen molar-refractivity contribution in [3.8, 4) is 0 Å². The molecule has 1 aliphatic carbocycles. The fraction of sp³-hybridized carbons (Fsp3) is 0.0800. The Morgan fingerprint density at radius 3 is 2.30 bits per heavy atom. The van der Waals surface area contributed by atoms with Crippen LogP contribution in [-0.4, -0.2) is 21.9 Å². The molecule has 5 nitrogen and oxygen atoms in total. The van der Waals surface area contributed by atoms with E-state index in [1.165, 1.54) is 0 Å². The van der Waals surface area contributed by atoms with Crippen LogP contribution in [0.15, 0.2) is 72.9 Å². The summed E-state index contributed by atoms with van der Waals surface area (Å²) < 4.78 is 7.16. The van der Waals surface area contributed by atoms with E-state index in [0.717, 1.165) is 11.1 Å². The third kappa shape index (κ3) is 2.67. The smallest absolute Gasteiger partial charge is 0.341 e. The Kier molecular flexibility index (Phi) is 4.10. The number of carbonyl (C=O) groups excluding carboxylic acids is 3. The summed E-state index contributed by atoms with van der Waals surface area (Å²) in [6, 6.07) is 19.6. The highest BCUT2D eigenvalue weighted by Gasteiger charge is 2.38. The Morgan fingerprint density at radius 1 is 0.900 bits per heavy atom. The lowest BCUT2D eigenvalue weighted by molar-refractivity contribution is 0.0472. The van der Waals surface area contributed by atoms with Gasteiger partial charge in [-0.3, -0.25) is 9.59 Å². The minimum Gasteiger partial charge on any atom is -0.457 e. The van der Waals surface area contributed by atoms with Gasteiger partial charge in [-0.1, -0.05) is 54.6 Å². The summed E-state index contributed by atoms with van der Waals surface area (Å²) in [5, 5.41) is 0. The van der Waals surface area contributed by atoms with Gasteiger partial charge in [0, 0.05) is 17.3 Å². The molecule has 0 aliphatic heterocycles. The lowest BCUT2D eigenvalue weighted by Crippen LogP contribution is -2.23. The highest BCUT2D eigenvalue weighted by atomic mass is 16.5. The molecule has 0 amide bonds. The van der Waals surface area contributed by atoms with E-state index in [4.69, 9.17) is 4.74 Å². The fourth-order valence-corrected chi connectivity index (χ4v) is 3.95. The van der Waals surface area contributed by atoms with Crippen molar-refractivity contribution in [2.24, 2.45) is 0 Å². The predicted molar refractivity (Wildman–Crippen MR) is 111 cm³/mol. The molecular formula is C25H17NO4. The van der Waals surface area contributed by atoms with Gasteiger partial charge in [-0.2, -0.15) is 0 Å². The molecule has 0 N–H and O–H groups in total. The topological polar surface area (TPSA) is 64.8 Å². The molecule has 2 heterocycles. The van der Waals surface area contributed by atoms with Gasteiger partial charge in [0.05, 0.1) is 16.6 Å². The van der Waals surface area contributed by atoms with Crippen molar-refractivity contribution >= 4 is 23.1 Å². The minimum atomic E-state index is -0.622. The zero-order valence-electron chi connectivity index (χ0n) is 16.2. The number of hydrogen-bond donors (Lipinski definition) is 0. The maximum atomic E-state index is 13.3. The second kappa shape index (κ2) is 6.81. The molecule has 4 aromatic rings. The number of esters is 1. The van der Waals surface area contributed by atoms with E-state index in [1.54, 1.807) is 40.9 Å². The summed E-state index contributed by atoms with van der Waals surface area (Å²) in [6.45, 7) is 1.97. The summed E-state index contributed by atoms with van der Waals surface area (Å²) in [5.74, 6) is -1.24. The van der Waals surface area contributed by atoms with Gasteiger partial charge in [-0.05, 0) is 30.2 Å². The average Bonchev–Trinajstić information content (AvgIpc) is 3.11. The first-order chi connectivity index (χ1) is 14.6. The van der Waals surface area contributed by atoms with Crippen LogP contribution in [0.3, 0.4) is 0 Å². The predicted octanol–water partition coefficient (Wildman–Crippen LogP) is 4.38. The minimum absolute atomic E-state index is 0.0797. The molecule has 0 saturated heterocycles. The molecule has 0 bridgehead atoms. The second-order valence-corrected chi connectivity index (χ2v) is 7.32. The molecule has 30 heavy (non-hydrogen) atoms. The summed E-state index contributed by atoms with van der Waals surface area (Å²) >= 11 is 0. The van der Waals surface area contributed by atoms with Crippen LogP contribution in [0.1, 0.15) is 53.5 Å². The third-order valence-electron chi connectivity index (χ3n) is 5.37. The molecule has 0 radical (unpaired) electrons. The van der Waals surface area contributed by atoms with Crippen LogP contribution in [0.2, 0.25) is 0 Å². The Hall–Kier alpha value is -3.99. The van der Waals surface area contributed by atoms with Crippen molar-refractivity contribution in [3.05, 3.63) is 112 Å². The Morgan fingerprint density at radius 2 is 1.57 bits per heavy atom. The number of benzene rings is 2. The molecule has 0 atom stereocenters. The number of aryl methyl sites for hydroxylation is 1. The van der Waals surface area contributed by atoms with E-state index >= 15 is 0 Å². The van der Waals surface area contributed by atoms with E-state index in [2.05, 4.69) is 0 Å². The van der Waals surface area contributed by atoms with Gasteiger partial charge in [0.15, 0.2) is 5.78 Å². The van der Waals surface area contributed by atoms with Crippen molar-refractivity contribution in [1.29, 1.82) is 0 Å². The van der Waals surface area contributed by atoms with Crippen molar-refractivity contribution in [3.63, 3.8) is 0 Å². The maximum Gasteiger partial charge on any atom is 0.341 e. The first-order valence-corrected chi connectivity index (χ1v) is 9.60. The highest BCUT2D eigenvalue weighted by Crippen LogP contribution is 2.34. The number of ketones is 2. The zero-order valence-corrected chi connectivity index (χ0v) is 16.2. The van der Waals surface area contributed by atoms with Crippen molar-refractivity contribution in [1.82, 2.24) is 4.40 Å². The summed E-state index contributed by atoms with van der Waals surface area (Å²) in [5.41, 5.74) is 3.35. The molecule has 2 aromatic carbocycles. The highest BCUT2D eigenvalue weighted by molar-refractivity contribution is 6.31. The lowest BCUT2D eigenvalue weighted by Gasteiger charge is -2.15. The number of nitrogens with zero attached hydrogens (tertiary/aromatic N) is 1. The first-order valence-electron chi connectivity index (χ1n) is 9.60. The summed E-state index contributed by atoms with van der Waals surface area (Å²) in [6.07, 6.45) is 1.72. The number of hydrogen-bond acceptors (Lipinski definition) is 4. The number of aromatic nitrogens is 1. The molecular weight excluding hydrogens is 378 g/mol. The molecule has 0 spiro atoms. The second-order valence-electron chi connectivity index (χ2n) is 7.32. The lowest BCUT2D eigenvalue weighted by atomic mass is 9.86. The number of fused-ring (bicyclic) bond motifs is 4. The Labute approximate surface area is 172 Å². The maximum absolute atomic E-state index is 13.3. The van der Waals surface area contributed by atoms with Crippen LogP contribution < -0.4 is 0 Å². The van der Waals surface area contributed by atoms with Crippen molar-refractivity contribution in [2.45, 2.75) is 13.5 Å². The number of rotatable bonds is 3. The molecule has 5 heteroatoms. The normalized spacial score (nSPS) is 12.6. The van der Waals surface area contributed by atoms with Crippen LogP contribution in [0, 0.1) is 6.92 Å². The van der Waals surface area contributed by atoms with Crippen LogP contribution in [0.25, 0.3) is 5.52 Å². The van der Waals surface area contributed by atoms with Gasteiger partial charge in [0.1, 0.15) is 12.3 Å². The van der Waals surface area contributed by atoms with E-state index in [1.807, 2.05) is 43.3 Å². The quantitative estimate of drug-likeness (QED) is 0.425. The molecule has 0 saturated carbocycles. The van der Waals surface area contributed by atoms with Gasteiger partial charge in [-0.15, -0.1) is 0 Å². The van der Waals surface area contributed by atoms with E-state index in [9.17, 15) is 14.4 Å². The van der Waals surface area contributed by atoms with Crippen LogP contribution in [0.5, 0.6) is 0 Å². The monoisotopic (exact) mass is 395 g/mol. The Balaban J connectivity index is 1.69. The van der Waals surface area contributed by atoms with E-state index < -0.39 is 5.97 Å². The fourth-order valence-electron chi connectivity index (χ4n) is 3.95. The van der Waals surface area contributed by atoms with Crippen LogP contribution in [-0.2, 0) is 11.3 Å². The van der Waals surface area contributed by atoms with Crippen molar-refractivity contribution < 1.29 is 19.1 Å². The van der Waals surface area contributed by atoms with E-state index in [0.29, 0.717) is 16.6 Å². The third-order valence-corrected chi connectivity index (χ3v) is 5.37. The standard InChI is InChI=1S/C25H17NO4/c1-15-11-12-26-19(13-15)20(25(29)30-14-16-7-3-2-4-8-16)21-22(26)24(28)18-10-6-5-9-17(18)23(21)27/h2-13H,14H2,1H3. The van der Waals surface area contributed by atoms with Gasteiger partial charge in [0.25, 0.3) is 0 Å². The van der Waals surface area contributed by atoms with Crippen LogP contribution in [0.4, 0.5) is 0 Å². The van der Waals surface area contributed by atoms with Gasteiger partial charge in [-0.25, -0.2) is 4.79 Å². The molecule has 0 fully saturated rings. The summed E-state index contributed by atoms with van der Waals surface area (Å²) in [7, 11) is 0. The molecule has 146 valence electrons. The largest absolute Gasteiger partial charge is 0.457 e. The average molecular weight is 395 g/mol.